The summed E-state index contributed by atoms with van der Waals surface area (Å²) in [5.74, 6) is 0.892. The molecule has 0 radical (unpaired) electrons. The minimum atomic E-state index is -0.951. The Bertz CT molecular complexity index is 388. The number of carbonyl (C=O) groups is 1. The molecule has 0 atom stereocenters. The molecule has 5 nitrogen and oxygen atoms in total. The fraction of sp³-hybridized carbons (Fsp3) is 0.455. The summed E-state index contributed by atoms with van der Waals surface area (Å²) in [6, 6.07) is 3.75. The summed E-state index contributed by atoms with van der Waals surface area (Å²) >= 11 is 5.77. The zero-order valence-electron chi connectivity index (χ0n) is 9.27. The summed E-state index contributed by atoms with van der Waals surface area (Å²) in [5.41, 5.74) is 0. The van der Waals surface area contributed by atoms with Crippen LogP contribution >= 0.6 is 11.6 Å². The van der Waals surface area contributed by atoms with Crippen molar-refractivity contribution in [3.05, 3.63) is 23.4 Å². The van der Waals surface area contributed by atoms with E-state index in [9.17, 15) is 4.79 Å². The van der Waals surface area contributed by atoms with Gasteiger partial charge in [0, 0.05) is 25.3 Å². The Hall–Kier alpha value is -1.49. The minimum Gasteiger partial charge on any atom is -0.465 e. The smallest absolute Gasteiger partial charge is 0.404 e. The van der Waals surface area contributed by atoms with Gasteiger partial charge in [-0.25, -0.2) is 9.78 Å². The van der Waals surface area contributed by atoms with Crippen LogP contribution in [0.4, 0.5) is 10.6 Å². The number of carboxylic acid groups (broad SMARTS) is 1. The predicted molar refractivity (Wildman–Crippen MR) is 65.6 cm³/mol. The molecule has 1 amide bonds. The molecule has 1 aromatic rings. The average molecular weight is 256 g/mol. The molecule has 0 spiro atoms. The van der Waals surface area contributed by atoms with Crippen LogP contribution in [0.25, 0.3) is 0 Å². The maximum Gasteiger partial charge on any atom is 0.404 e. The van der Waals surface area contributed by atoms with E-state index >= 15 is 0 Å². The molecule has 1 aliphatic heterocycles. The number of hydrogen-bond acceptors (Lipinski definition) is 3. The van der Waals surface area contributed by atoms with Crippen LogP contribution in [0.1, 0.15) is 12.8 Å². The van der Waals surface area contributed by atoms with Crippen LogP contribution in [0, 0.1) is 0 Å². The van der Waals surface area contributed by atoms with Gasteiger partial charge in [-0.05, 0) is 25.0 Å². The molecule has 6 heteroatoms. The zero-order valence-corrected chi connectivity index (χ0v) is 10.0. The Morgan fingerprint density at radius 1 is 1.47 bits per heavy atom. The number of aromatic nitrogens is 1. The van der Waals surface area contributed by atoms with Crippen molar-refractivity contribution in [2.75, 3.05) is 18.0 Å². The molecular formula is C11H14ClN3O2. The van der Waals surface area contributed by atoms with Gasteiger partial charge >= 0.3 is 6.09 Å². The Balaban J connectivity index is 1.90. The van der Waals surface area contributed by atoms with Crippen LogP contribution in [0.5, 0.6) is 0 Å². The first-order valence-corrected chi connectivity index (χ1v) is 5.89. The van der Waals surface area contributed by atoms with Crippen molar-refractivity contribution in [1.82, 2.24) is 10.3 Å². The van der Waals surface area contributed by atoms with E-state index in [1.807, 2.05) is 12.1 Å². The van der Waals surface area contributed by atoms with Crippen LogP contribution in [0.15, 0.2) is 18.3 Å². The van der Waals surface area contributed by atoms with Gasteiger partial charge < -0.3 is 15.3 Å². The maximum absolute atomic E-state index is 10.5. The highest BCUT2D eigenvalue weighted by Crippen LogP contribution is 2.19. The molecule has 1 aromatic heterocycles. The van der Waals surface area contributed by atoms with E-state index in [1.54, 1.807) is 6.20 Å². The second-order valence-corrected chi connectivity index (χ2v) is 4.48. The molecule has 1 aliphatic rings. The van der Waals surface area contributed by atoms with Gasteiger partial charge in [-0.3, -0.25) is 0 Å². The third-order valence-electron chi connectivity index (χ3n) is 2.86. The van der Waals surface area contributed by atoms with Crippen molar-refractivity contribution in [1.29, 1.82) is 0 Å². The molecule has 2 heterocycles. The lowest BCUT2D eigenvalue weighted by atomic mass is 10.1. The van der Waals surface area contributed by atoms with E-state index in [0.717, 1.165) is 31.7 Å². The number of hydrogen-bond donors (Lipinski definition) is 2. The van der Waals surface area contributed by atoms with Crippen LogP contribution < -0.4 is 10.2 Å². The molecule has 0 aliphatic carbocycles. The molecule has 1 saturated heterocycles. The van der Waals surface area contributed by atoms with E-state index in [1.165, 1.54) is 0 Å². The normalized spacial score (nSPS) is 16.9. The third kappa shape index (κ3) is 3.23. The van der Waals surface area contributed by atoms with Gasteiger partial charge in [0.1, 0.15) is 5.82 Å². The van der Waals surface area contributed by atoms with Crippen LogP contribution in [0.3, 0.4) is 0 Å². The largest absolute Gasteiger partial charge is 0.465 e. The average Bonchev–Trinajstić information content (AvgIpc) is 2.30. The second kappa shape index (κ2) is 5.23. The standard InChI is InChI=1S/C11H14ClN3O2/c12-8-1-2-10(13-7-8)15-5-3-9(4-6-15)14-11(16)17/h1-2,7,9,14H,3-6H2,(H,16,17). The van der Waals surface area contributed by atoms with Gasteiger partial charge in [-0.2, -0.15) is 0 Å². The second-order valence-electron chi connectivity index (χ2n) is 4.05. The number of nitrogens with one attached hydrogen (secondary N) is 1. The first kappa shape index (κ1) is 12.0. The first-order chi connectivity index (χ1) is 8.15. The van der Waals surface area contributed by atoms with Gasteiger partial charge in [-0.1, -0.05) is 11.6 Å². The molecule has 0 unspecified atom stereocenters. The van der Waals surface area contributed by atoms with Gasteiger partial charge in [0.25, 0.3) is 0 Å². The lowest BCUT2D eigenvalue weighted by Gasteiger charge is -2.32. The number of amides is 1. The SMILES string of the molecule is O=C(O)NC1CCN(c2ccc(Cl)cn2)CC1. The van der Waals surface area contributed by atoms with Gasteiger partial charge in [-0.15, -0.1) is 0 Å². The summed E-state index contributed by atoms with van der Waals surface area (Å²) in [5, 5.41) is 11.8. The number of nitrogens with zero attached hydrogens (tertiary/aromatic N) is 2. The monoisotopic (exact) mass is 255 g/mol. The van der Waals surface area contributed by atoms with E-state index in [4.69, 9.17) is 16.7 Å². The molecule has 0 bridgehead atoms. The Morgan fingerprint density at radius 3 is 2.71 bits per heavy atom. The molecule has 2 rings (SSSR count). The number of piperidine rings is 1. The molecule has 92 valence electrons. The van der Waals surface area contributed by atoms with Crippen molar-refractivity contribution in [3.8, 4) is 0 Å². The lowest BCUT2D eigenvalue weighted by Crippen LogP contribution is -2.44. The Kier molecular flexibility index (Phi) is 3.68. The summed E-state index contributed by atoms with van der Waals surface area (Å²) in [6.07, 6.45) is 2.28. The van der Waals surface area contributed by atoms with Crippen molar-refractivity contribution in [3.63, 3.8) is 0 Å². The van der Waals surface area contributed by atoms with Crippen LogP contribution in [-0.2, 0) is 0 Å². The van der Waals surface area contributed by atoms with Crippen LogP contribution in [0.2, 0.25) is 5.02 Å². The van der Waals surface area contributed by atoms with Crippen LogP contribution in [-0.4, -0.2) is 35.3 Å². The molecular weight excluding hydrogens is 242 g/mol. The summed E-state index contributed by atoms with van der Waals surface area (Å²) in [7, 11) is 0. The van der Waals surface area contributed by atoms with E-state index in [2.05, 4.69) is 15.2 Å². The molecule has 17 heavy (non-hydrogen) atoms. The number of rotatable bonds is 2. The lowest BCUT2D eigenvalue weighted by molar-refractivity contribution is 0.187. The van der Waals surface area contributed by atoms with Crippen molar-refractivity contribution < 1.29 is 9.90 Å². The van der Waals surface area contributed by atoms with Gasteiger partial charge in [0.05, 0.1) is 5.02 Å². The highest BCUT2D eigenvalue weighted by Gasteiger charge is 2.20. The predicted octanol–water partition coefficient (Wildman–Crippen LogP) is 1.97. The van der Waals surface area contributed by atoms with E-state index in [0.29, 0.717) is 5.02 Å². The highest BCUT2D eigenvalue weighted by molar-refractivity contribution is 6.30. The van der Waals surface area contributed by atoms with Crippen molar-refractivity contribution >= 4 is 23.5 Å². The summed E-state index contributed by atoms with van der Waals surface area (Å²) < 4.78 is 0. The Morgan fingerprint density at radius 2 is 2.18 bits per heavy atom. The highest BCUT2D eigenvalue weighted by atomic mass is 35.5. The molecule has 2 N–H and O–H groups in total. The number of pyridine rings is 1. The molecule has 1 fully saturated rings. The quantitative estimate of drug-likeness (QED) is 0.848. The topological polar surface area (TPSA) is 65.5 Å². The first-order valence-electron chi connectivity index (χ1n) is 5.51. The van der Waals surface area contributed by atoms with Gasteiger partial charge in [0.15, 0.2) is 0 Å². The van der Waals surface area contributed by atoms with E-state index in [-0.39, 0.29) is 6.04 Å². The zero-order chi connectivity index (χ0) is 12.3. The maximum atomic E-state index is 10.5. The number of halogens is 1. The third-order valence-corrected chi connectivity index (χ3v) is 3.08. The van der Waals surface area contributed by atoms with E-state index < -0.39 is 6.09 Å². The van der Waals surface area contributed by atoms with Crippen molar-refractivity contribution in [2.24, 2.45) is 0 Å². The summed E-state index contributed by atoms with van der Waals surface area (Å²) in [6.45, 7) is 1.61. The summed E-state index contributed by atoms with van der Waals surface area (Å²) in [4.78, 5) is 16.9. The van der Waals surface area contributed by atoms with Gasteiger partial charge in [0.2, 0.25) is 0 Å². The fourth-order valence-electron chi connectivity index (χ4n) is 1.98. The fourth-order valence-corrected chi connectivity index (χ4v) is 2.09. The molecule has 0 aromatic carbocycles. The Labute approximate surface area is 104 Å². The molecule has 0 saturated carbocycles. The van der Waals surface area contributed by atoms with Crippen molar-refractivity contribution in [2.45, 2.75) is 18.9 Å². The number of anilines is 1. The minimum absolute atomic E-state index is 0.0519.